The van der Waals surface area contributed by atoms with Gasteiger partial charge in [-0.3, -0.25) is 14.4 Å². The monoisotopic (exact) mass is 325 g/mol. The van der Waals surface area contributed by atoms with Crippen LogP contribution >= 0.6 is 0 Å². The second-order valence-electron chi connectivity index (χ2n) is 5.25. The van der Waals surface area contributed by atoms with Crippen LogP contribution in [0.4, 0.5) is 17.1 Å². The molecule has 0 aromatic heterocycles. The van der Waals surface area contributed by atoms with Gasteiger partial charge in [-0.25, -0.2) is 0 Å². The topological polar surface area (TPSA) is 78.5 Å². The van der Waals surface area contributed by atoms with Crippen molar-refractivity contribution in [3.05, 3.63) is 54.6 Å². The first-order valence-electron chi connectivity index (χ1n) is 7.46. The van der Waals surface area contributed by atoms with Crippen LogP contribution < -0.4 is 15.5 Å². The minimum Gasteiger partial charge on any atom is -0.326 e. The fourth-order valence-corrected chi connectivity index (χ4v) is 2.18. The summed E-state index contributed by atoms with van der Waals surface area (Å²) in [6, 6.07) is 15.8. The van der Waals surface area contributed by atoms with Crippen molar-refractivity contribution in [2.45, 2.75) is 13.8 Å². The van der Waals surface area contributed by atoms with Crippen LogP contribution in [0.15, 0.2) is 54.6 Å². The summed E-state index contributed by atoms with van der Waals surface area (Å²) in [7, 11) is 0. The van der Waals surface area contributed by atoms with Crippen LogP contribution in [0.5, 0.6) is 0 Å². The number of para-hydroxylation sites is 1. The van der Waals surface area contributed by atoms with Gasteiger partial charge in [-0.2, -0.15) is 0 Å². The summed E-state index contributed by atoms with van der Waals surface area (Å²) in [5.41, 5.74) is 1.90. The molecular weight excluding hydrogens is 306 g/mol. The number of benzene rings is 2. The van der Waals surface area contributed by atoms with Crippen molar-refractivity contribution in [3.63, 3.8) is 0 Å². The van der Waals surface area contributed by atoms with Crippen LogP contribution in [-0.4, -0.2) is 24.3 Å². The lowest BCUT2D eigenvalue weighted by atomic mass is 10.2. The molecule has 2 N–H and O–H groups in total. The first-order chi connectivity index (χ1) is 11.5. The Kier molecular flexibility index (Phi) is 5.68. The third-order valence-corrected chi connectivity index (χ3v) is 3.24. The van der Waals surface area contributed by atoms with E-state index in [9.17, 15) is 14.4 Å². The normalized spacial score (nSPS) is 9.92. The van der Waals surface area contributed by atoms with Crippen LogP contribution in [0.3, 0.4) is 0 Å². The molecule has 0 aliphatic rings. The van der Waals surface area contributed by atoms with Crippen LogP contribution in [-0.2, 0) is 14.4 Å². The summed E-state index contributed by atoms with van der Waals surface area (Å²) < 4.78 is 0. The lowest BCUT2D eigenvalue weighted by Crippen LogP contribution is -2.36. The molecule has 2 rings (SSSR count). The maximum atomic E-state index is 12.2. The predicted octanol–water partition coefficient (Wildman–Crippen LogP) is 2.64. The molecule has 0 fully saturated rings. The van der Waals surface area contributed by atoms with Gasteiger partial charge in [0, 0.05) is 30.9 Å². The Balaban J connectivity index is 2.01. The molecule has 0 bridgehead atoms. The molecule has 0 saturated carbocycles. The van der Waals surface area contributed by atoms with Crippen molar-refractivity contribution in [3.8, 4) is 0 Å². The van der Waals surface area contributed by atoms with Crippen LogP contribution in [0.25, 0.3) is 0 Å². The second kappa shape index (κ2) is 7.92. The van der Waals surface area contributed by atoms with Crippen molar-refractivity contribution in [1.29, 1.82) is 0 Å². The number of amides is 3. The number of carbonyl (C=O) groups is 3. The highest BCUT2D eigenvalue weighted by Crippen LogP contribution is 2.15. The molecule has 3 amide bonds. The third kappa shape index (κ3) is 4.95. The van der Waals surface area contributed by atoms with Crippen LogP contribution in [0.2, 0.25) is 0 Å². The van der Waals surface area contributed by atoms with E-state index >= 15 is 0 Å². The van der Waals surface area contributed by atoms with Crippen LogP contribution in [0, 0.1) is 0 Å². The highest BCUT2D eigenvalue weighted by atomic mass is 16.2. The lowest BCUT2D eigenvalue weighted by Gasteiger charge is -2.20. The smallest absolute Gasteiger partial charge is 0.244 e. The minimum atomic E-state index is -0.304. The zero-order valence-corrected chi connectivity index (χ0v) is 13.6. The molecule has 124 valence electrons. The largest absolute Gasteiger partial charge is 0.326 e. The minimum absolute atomic E-state index is 0.0766. The molecule has 0 aliphatic carbocycles. The molecule has 6 nitrogen and oxygen atoms in total. The third-order valence-electron chi connectivity index (χ3n) is 3.24. The van der Waals surface area contributed by atoms with Gasteiger partial charge in [0.05, 0.1) is 0 Å². The zero-order chi connectivity index (χ0) is 17.5. The van der Waals surface area contributed by atoms with Crippen molar-refractivity contribution in [1.82, 2.24) is 0 Å². The van der Waals surface area contributed by atoms with E-state index in [2.05, 4.69) is 10.6 Å². The number of nitrogens with zero attached hydrogens (tertiary/aromatic N) is 1. The van der Waals surface area contributed by atoms with Gasteiger partial charge < -0.3 is 15.5 Å². The highest BCUT2D eigenvalue weighted by molar-refractivity contribution is 6.01. The van der Waals surface area contributed by atoms with E-state index in [-0.39, 0.29) is 24.3 Å². The summed E-state index contributed by atoms with van der Waals surface area (Å²) in [4.78, 5) is 36.4. The first-order valence-corrected chi connectivity index (χ1v) is 7.46. The summed E-state index contributed by atoms with van der Waals surface area (Å²) in [6.45, 7) is 2.77. The SMILES string of the molecule is CC(=O)Nc1ccc(NC(=O)CN(C(C)=O)c2ccccc2)cc1. The standard InChI is InChI=1S/C18H19N3O3/c1-13(22)19-15-8-10-16(11-9-15)20-18(24)12-21(14(2)23)17-6-4-3-5-7-17/h3-11H,12H2,1-2H3,(H,19,22)(H,20,24). The predicted molar refractivity (Wildman–Crippen MR) is 93.8 cm³/mol. The van der Waals surface area contributed by atoms with E-state index in [0.717, 1.165) is 0 Å². The number of anilines is 3. The van der Waals surface area contributed by atoms with Crippen molar-refractivity contribution < 1.29 is 14.4 Å². The van der Waals surface area contributed by atoms with E-state index in [4.69, 9.17) is 0 Å². The van der Waals surface area contributed by atoms with E-state index in [1.807, 2.05) is 18.2 Å². The van der Waals surface area contributed by atoms with Crippen LogP contribution in [0.1, 0.15) is 13.8 Å². The van der Waals surface area contributed by atoms with E-state index in [1.54, 1.807) is 36.4 Å². The van der Waals surface area contributed by atoms with Crippen molar-refractivity contribution in [2.75, 3.05) is 22.1 Å². The zero-order valence-electron chi connectivity index (χ0n) is 13.6. The molecule has 2 aromatic carbocycles. The molecule has 0 aliphatic heterocycles. The molecule has 0 unspecified atom stereocenters. The number of rotatable bonds is 5. The Morgan fingerprint density at radius 3 is 1.88 bits per heavy atom. The maximum absolute atomic E-state index is 12.2. The Morgan fingerprint density at radius 1 is 0.833 bits per heavy atom. The molecule has 0 saturated heterocycles. The number of hydrogen-bond acceptors (Lipinski definition) is 3. The average Bonchev–Trinajstić information content (AvgIpc) is 2.54. The fourth-order valence-electron chi connectivity index (χ4n) is 2.18. The quantitative estimate of drug-likeness (QED) is 0.887. The van der Waals surface area contributed by atoms with Gasteiger partial charge in [-0.15, -0.1) is 0 Å². The van der Waals surface area contributed by atoms with Gasteiger partial charge in [0.1, 0.15) is 6.54 Å². The van der Waals surface area contributed by atoms with E-state index < -0.39 is 0 Å². The Bertz CT molecular complexity index is 727. The molecule has 0 spiro atoms. The summed E-state index contributed by atoms with van der Waals surface area (Å²) in [5.74, 6) is -0.676. The van der Waals surface area contributed by atoms with Crippen molar-refractivity contribution in [2.24, 2.45) is 0 Å². The van der Waals surface area contributed by atoms with E-state index in [0.29, 0.717) is 17.1 Å². The Labute approximate surface area is 140 Å². The maximum Gasteiger partial charge on any atom is 0.244 e. The first kappa shape index (κ1) is 17.2. The van der Waals surface area contributed by atoms with Gasteiger partial charge in [0.15, 0.2) is 0 Å². The fraction of sp³-hybridized carbons (Fsp3) is 0.167. The van der Waals surface area contributed by atoms with Gasteiger partial charge in [0.25, 0.3) is 0 Å². The van der Waals surface area contributed by atoms with E-state index in [1.165, 1.54) is 18.7 Å². The van der Waals surface area contributed by atoms with Gasteiger partial charge in [-0.1, -0.05) is 18.2 Å². The molecule has 0 atom stereocenters. The van der Waals surface area contributed by atoms with Crippen molar-refractivity contribution >= 4 is 34.8 Å². The Hall–Kier alpha value is -3.15. The molecule has 0 radical (unpaired) electrons. The number of nitrogens with one attached hydrogen (secondary N) is 2. The molecular formula is C18H19N3O3. The number of carbonyl (C=O) groups excluding carboxylic acids is 3. The molecule has 0 heterocycles. The summed E-state index contributed by atoms with van der Waals surface area (Å²) in [6.07, 6.45) is 0. The molecule has 6 heteroatoms. The second-order valence-corrected chi connectivity index (χ2v) is 5.25. The highest BCUT2D eigenvalue weighted by Gasteiger charge is 2.15. The molecule has 2 aromatic rings. The number of hydrogen-bond donors (Lipinski definition) is 2. The van der Waals surface area contributed by atoms with Gasteiger partial charge in [0.2, 0.25) is 17.7 Å². The average molecular weight is 325 g/mol. The molecule has 24 heavy (non-hydrogen) atoms. The Morgan fingerprint density at radius 2 is 1.38 bits per heavy atom. The lowest BCUT2D eigenvalue weighted by molar-refractivity contribution is -0.120. The van der Waals surface area contributed by atoms with Gasteiger partial charge in [-0.05, 0) is 36.4 Å². The summed E-state index contributed by atoms with van der Waals surface area (Å²) in [5, 5.41) is 5.38. The van der Waals surface area contributed by atoms with Gasteiger partial charge >= 0.3 is 0 Å². The summed E-state index contributed by atoms with van der Waals surface area (Å²) >= 11 is 0.